The van der Waals surface area contributed by atoms with Crippen LogP contribution in [0.2, 0.25) is 0 Å². The lowest BCUT2D eigenvalue weighted by atomic mass is 10.4. The van der Waals surface area contributed by atoms with Gasteiger partial charge in [-0.05, 0) is 0 Å². The second-order valence-corrected chi connectivity index (χ2v) is 3.76. The molecule has 0 spiro atoms. The lowest BCUT2D eigenvalue weighted by Crippen LogP contribution is -2.35. The van der Waals surface area contributed by atoms with E-state index in [0.717, 1.165) is 0 Å². The van der Waals surface area contributed by atoms with Crippen LogP contribution in [-0.2, 0) is 4.74 Å². The molecule has 0 fully saturated rings. The molecule has 0 saturated carbocycles. The number of nitrogens with zero attached hydrogens (tertiary/aromatic N) is 2. The molecule has 1 amide bonds. The van der Waals surface area contributed by atoms with E-state index in [1.165, 1.54) is 17.5 Å². The molecule has 0 aromatic carbocycles. The molecular formula is C9H14N2O3S. The number of carbonyl (C=O) groups is 1. The summed E-state index contributed by atoms with van der Waals surface area (Å²) in [6.07, 6.45) is 1.53. The Balaban J connectivity index is 2.58. The van der Waals surface area contributed by atoms with E-state index in [2.05, 4.69) is 4.98 Å². The quantitative estimate of drug-likeness (QED) is 0.759. The van der Waals surface area contributed by atoms with Crippen LogP contribution in [0.25, 0.3) is 0 Å². The van der Waals surface area contributed by atoms with Crippen molar-refractivity contribution in [3.8, 4) is 0 Å². The van der Waals surface area contributed by atoms with Crippen molar-refractivity contribution < 1.29 is 14.6 Å². The van der Waals surface area contributed by atoms with Crippen LogP contribution in [0.3, 0.4) is 0 Å². The zero-order valence-corrected chi connectivity index (χ0v) is 9.37. The van der Waals surface area contributed by atoms with E-state index in [4.69, 9.17) is 9.84 Å². The first-order valence-electron chi connectivity index (χ1n) is 4.57. The first-order chi connectivity index (χ1) is 7.29. The average Bonchev–Trinajstić information content (AvgIpc) is 2.76. The second-order valence-electron chi connectivity index (χ2n) is 2.87. The Bertz CT molecular complexity index is 290. The lowest BCUT2D eigenvalue weighted by molar-refractivity contribution is 0.0661. The van der Waals surface area contributed by atoms with E-state index in [-0.39, 0.29) is 12.5 Å². The summed E-state index contributed by atoms with van der Waals surface area (Å²) in [7, 11) is 1.58. The van der Waals surface area contributed by atoms with Gasteiger partial charge in [-0.1, -0.05) is 0 Å². The second kappa shape index (κ2) is 6.49. The van der Waals surface area contributed by atoms with E-state index < -0.39 is 0 Å². The third-order valence-electron chi connectivity index (χ3n) is 1.87. The molecule has 0 saturated heterocycles. The van der Waals surface area contributed by atoms with Crippen molar-refractivity contribution in [1.82, 2.24) is 9.88 Å². The molecule has 0 aliphatic heterocycles. The molecule has 1 aromatic rings. The van der Waals surface area contributed by atoms with E-state index in [1.54, 1.807) is 17.5 Å². The zero-order valence-electron chi connectivity index (χ0n) is 8.55. The van der Waals surface area contributed by atoms with Gasteiger partial charge in [0, 0.05) is 20.2 Å². The third kappa shape index (κ3) is 3.58. The van der Waals surface area contributed by atoms with Crippen LogP contribution < -0.4 is 0 Å². The van der Waals surface area contributed by atoms with Gasteiger partial charge in [-0.3, -0.25) is 9.78 Å². The molecule has 15 heavy (non-hydrogen) atoms. The van der Waals surface area contributed by atoms with Crippen LogP contribution in [0, 0.1) is 0 Å². The predicted octanol–water partition coefficient (Wildman–Crippen LogP) is 0.224. The molecule has 0 radical (unpaired) electrons. The normalized spacial score (nSPS) is 10.3. The Morgan fingerprint density at radius 2 is 2.47 bits per heavy atom. The number of thiazole rings is 1. The summed E-state index contributed by atoms with van der Waals surface area (Å²) in [4.78, 5) is 17.8. The summed E-state index contributed by atoms with van der Waals surface area (Å²) in [5.41, 5.74) is 1.61. The van der Waals surface area contributed by atoms with Crippen molar-refractivity contribution in [2.75, 3.05) is 33.4 Å². The highest BCUT2D eigenvalue weighted by molar-refractivity contribution is 7.11. The maximum absolute atomic E-state index is 11.8. The van der Waals surface area contributed by atoms with Gasteiger partial charge in [-0.25, -0.2) is 0 Å². The fourth-order valence-corrected chi connectivity index (χ4v) is 1.70. The highest BCUT2D eigenvalue weighted by Gasteiger charge is 2.15. The van der Waals surface area contributed by atoms with Gasteiger partial charge < -0.3 is 14.7 Å². The van der Waals surface area contributed by atoms with Gasteiger partial charge in [0.2, 0.25) is 0 Å². The monoisotopic (exact) mass is 230 g/mol. The van der Waals surface area contributed by atoms with Crippen molar-refractivity contribution in [1.29, 1.82) is 0 Å². The molecule has 1 heterocycles. The van der Waals surface area contributed by atoms with Gasteiger partial charge in [0.1, 0.15) is 4.88 Å². The van der Waals surface area contributed by atoms with Crippen LogP contribution >= 0.6 is 11.3 Å². The molecule has 5 nitrogen and oxygen atoms in total. The molecule has 1 aromatic heterocycles. The maximum atomic E-state index is 11.8. The van der Waals surface area contributed by atoms with Crippen molar-refractivity contribution in [3.05, 3.63) is 16.6 Å². The molecule has 84 valence electrons. The minimum absolute atomic E-state index is 0.0474. The summed E-state index contributed by atoms with van der Waals surface area (Å²) >= 11 is 1.29. The number of aliphatic hydroxyl groups is 1. The number of hydrogen-bond donors (Lipinski definition) is 1. The molecule has 0 aliphatic rings. The molecule has 0 atom stereocenters. The number of aliphatic hydroxyl groups excluding tert-OH is 1. The van der Waals surface area contributed by atoms with E-state index >= 15 is 0 Å². The molecular weight excluding hydrogens is 216 g/mol. The van der Waals surface area contributed by atoms with Gasteiger partial charge in [0.15, 0.2) is 0 Å². The lowest BCUT2D eigenvalue weighted by Gasteiger charge is -2.20. The number of hydrogen-bond acceptors (Lipinski definition) is 5. The van der Waals surface area contributed by atoms with Gasteiger partial charge in [0.05, 0.1) is 24.9 Å². The minimum atomic E-state index is -0.108. The Hall–Kier alpha value is -0.980. The highest BCUT2D eigenvalue weighted by atomic mass is 32.1. The number of aromatic nitrogens is 1. The van der Waals surface area contributed by atoms with Gasteiger partial charge in [-0.2, -0.15) is 0 Å². The maximum Gasteiger partial charge on any atom is 0.265 e. The fourth-order valence-electron chi connectivity index (χ4n) is 1.11. The summed E-state index contributed by atoms with van der Waals surface area (Å²) in [5.74, 6) is -0.108. The summed E-state index contributed by atoms with van der Waals surface area (Å²) in [5, 5.41) is 8.84. The van der Waals surface area contributed by atoms with Crippen LogP contribution in [0.15, 0.2) is 11.7 Å². The Labute approximate surface area is 92.3 Å². The van der Waals surface area contributed by atoms with Crippen LogP contribution in [-0.4, -0.2) is 54.3 Å². The first kappa shape index (κ1) is 12.1. The zero-order chi connectivity index (χ0) is 11.1. The molecule has 1 N–H and O–H groups in total. The van der Waals surface area contributed by atoms with Crippen molar-refractivity contribution in [2.24, 2.45) is 0 Å². The summed E-state index contributed by atoms with van der Waals surface area (Å²) < 4.78 is 4.90. The van der Waals surface area contributed by atoms with Crippen LogP contribution in [0.5, 0.6) is 0 Å². The largest absolute Gasteiger partial charge is 0.395 e. The minimum Gasteiger partial charge on any atom is -0.395 e. The number of amides is 1. The van der Waals surface area contributed by atoms with Crippen LogP contribution in [0.4, 0.5) is 0 Å². The third-order valence-corrected chi connectivity index (χ3v) is 2.63. The van der Waals surface area contributed by atoms with Gasteiger partial charge >= 0.3 is 0 Å². The fraction of sp³-hybridized carbons (Fsp3) is 0.556. The average molecular weight is 230 g/mol. The van der Waals surface area contributed by atoms with Gasteiger partial charge in [0.25, 0.3) is 5.91 Å². The SMILES string of the molecule is COCCN(CCO)C(=O)c1cncs1. The smallest absolute Gasteiger partial charge is 0.265 e. The molecule has 0 aliphatic carbocycles. The van der Waals surface area contributed by atoms with Crippen molar-refractivity contribution >= 4 is 17.2 Å². The number of ether oxygens (including phenoxy) is 1. The number of carbonyl (C=O) groups excluding carboxylic acids is 1. The number of rotatable bonds is 6. The van der Waals surface area contributed by atoms with E-state index in [0.29, 0.717) is 24.6 Å². The summed E-state index contributed by atoms with van der Waals surface area (Å²) in [6.45, 7) is 1.21. The van der Waals surface area contributed by atoms with E-state index in [1.807, 2.05) is 0 Å². The standard InChI is InChI=1S/C9H14N2O3S/c1-14-5-3-11(2-4-12)9(13)8-6-10-7-15-8/h6-7,12H,2-5H2,1H3. The number of methoxy groups -OCH3 is 1. The molecule has 6 heteroatoms. The van der Waals surface area contributed by atoms with Gasteiger partial charge in [-0.15, -0.1) is 11.3 Å². The molecule has 0 unspecified atom stereocenters. The topological polar surface area (TPSA) is 62.7 Å². The summed E-state index contributed by atoms with van der Waals surface area (Å²) in [6, 6.07) is 0. The predicted molar refractivity (Wildman–Crippen MR) is 57.0 cm³/mol. The molecule has 1 rings (SSSR count). The molecule has 0 bridgehead atoms. The highest BCUT2D eigenvalue weighted by Crippen LogP contribution is 2.09. The first-order valence-corrected chi connectivity index (χ1v) is 5.45. The van der Waals surface area contributed by atoms with E-state index in [9.17, 15) is 4.79 Å². The Morgan fingerprint density at radius 3 is 3.00 bits per heavy atom. The van der Waals surface area contributed by atoms with Crippen molar-refractivity contribution in [3.63, 3.8) is 0 Å². The van der Waals surface area contributed by atoms with Crippen molar-refractivity contribution in [2.45, 2.75) is 0 Å². The Kier molecular flexibility index (Phi) is 5.23. The van der Waals surface area contributed by atoms with Crippen LogP contribution in [0.1, 0.15) is 9.67 Å². The Morgan fingerprint density at radius 1 is 1.67 bits per heavy atom.